The molecule has 3 unspecified atom stereocenters. The Hall–Kier alpha value is -1.88. The molecule has 2 fully saturated rings. The van der Waals surface area contributed by atoms with E-state index in [2.05, 4.69) is 43.4 Å². The molecule has 1 saturated carbocycles. The second kappa shape index (κ2) is 9.32. The average molecular weight is 427 g/mol. The summed E-state index contributed by atoms with van der Waals surface area (Å²) < 4.78 is 5.15. The predicted molar refractivity (Wildman–Crippen MR) is 122 cm³/mol. The first-order chi connectivity index (χ1) is 14.9. The number of nitrogens with one attached hydrogen (secondary N) is 1. The standard InChI is InChI=1S/C26H38N2O3/c1-18(2)12-19-13-24(29)28(17-19)26(25(30)27-10-11-31-3)9-8-22-14-20-6-4-5-7-21(20)15-23(22)16-26/h4-7,18-19,22-23H,8-17H2,1-3H3,(H,27,30)/t19-,22?,23?,26?/m1/s1. The molecule has 2 amide bonds. The first-order valence-corrected chi connectivity index (χ1v) is 12.1. The topological polar surface area (TPSA) is 58.6 Å². The van der Waals surface area contributed by atoms with Gasteiger partial charge in [0.25, 0.3) is 0 Å². The maximum atomic E-state index is 13.6. The van der Waals surface area contributed by atoms with Gasteiger partial charge in [0.05, 0.1) is 6.61 Å². The van der Waals surface area contributed by atoms with Gasteiger partial charge in [-0.3, -0.25) is 9.59 Å². The van der Waals surface area contributed by atoms with Crippen molar-refractivity contribution in [2.75, 3.05) is 26.8 Å². The molecule has 0 bridgehead atoms. The number of nitrogens with zero attached hydrogens (tertiary/aromatic N) is 1. The van der Waals surface area contributed by atoms with Gasteiger partial charge in [0.15, 0.2) is 0 Å². The maximum absolute atomic E-state index is 13.6. The molecule has 0 aromatic heterocycles. The Kier molecular flexibility index (Phi) is 6.71. The Morgan fingerprint density at radius 2 is 1.90 bits per heavy atom. The second-order valence-corrected chi connectivity index (χ2v) is 10.4. The number of fused-ring (bicyclic) bond motifs is 2. The zero-order valence-electron chi connectivity index (χ0n) is 19.4. The third-order valence-corrected chi connectivity index (χ3v) is 7.82. The quantitative estimate of drug-likeness (QED) is 0.678. The Bertz CT molecular complexity index is 808. The van der Waals surface area contributed by atoms with E-state index >= 15 is 0 Å². The van der Waals surface area contributed by atoms with E-state index in [0.29, 0.717) is 43.2 Å². The van der Waals surface area contributed by atoms with Gasteiger partial charge >= 0.3 is 0 Å². The zero-order chi connectivity index (χ0) is 22.0. The number of carbonyl (C=O) groups excluding carboxylic acids is 2. The molecule has 5 heteroatoms. The van der Waals surface area contributed by atoms with Gasteiger partial charge in [-0.25, -0.2) is 0 Å². The minimum Gasteiger partial charge on any atom is -0.383 e. The van der Waals surface area contributed by atoms with Crippen molar-refractivity contribution >= 4 is 11.8 Å². The summed E-state index contributed by atoms with van der Waals surface area (Å²) in [5.41, 5.74) is 2.18. The molecule has 1 N–H and O–H groups in total. The van der Waals surface area contributed by atoms with Crippen molar-refractivity contribution in [3.8, 4) is 0 Å². The van der Waals surface area contributed by atoms with Crippen LogP contribution in [0, 0.1) is 23.7 Å². The number of carbonyl (C=O) groups is 2. The third kappa shape index (κ3) is 4.52. The van der Waals surface area contributed by atoms with Crippen LogP contribution in [-0.2, 0) is 27.2 Å². The van der Waals surface area contributed by atoms with Crippen molar-refractivity contribution in [2.24, 2.45) is 23.7 Å². The monoisotopic (exact) mass is 426 g/mol. The van der Waals surface area contributed by atoms with Gasteiger partial charge in [-0.15, -0.1) is 0 Å². The fraction of sp³-hybridized carbons (Fsp3) is 0.692. The molecule has 4 atom stereocenters. The number of rotatable bonds is 7. The summed E-state index contributed by atoms with van der Waals surface area (Å²) >= 11 is 0. The molecule has 1 aromatic carbocycles. The van der Waals surface area contributed by atoms with Gasteiger partial charge in [-0.05, 0) is 73.3 Å². The molecular weight excluding hydrogens is 388 g/mol. The molecule has 3 aliphatic rings. The highest BCUT2D eigenvalue weighted by Crippen LogP contribution is 2.47. The normalized spacial score (nSPS) is 30.3. The Balaban J connectivity index is 1.58. The summed E-state index contributed by atoms with van der Waals surface area (Å²) in [6.07, 6.45) is 6.32. The Morgan fingerprint density at radius 1 is 1.19 bits per heavy atom. The minimum absolute atomic E-state index is 0.0282. The maximum Gasteiger partial charge on any atom is 0.246 e. The van der Waals surface area contributed by atoms with E-state index in [4.69, 9.17) is 4.74 Å². The van der Waals surface area contributed by atoms with Crippen LogP contribution in [0.2, 0.25) is 0 Å². The van der Waals surface area contributed by atoms with Crippen LogP contribution in [0.15, 0.2) is 24.3 Å². The van der Waals surface area contributed by atoms with E-state index in [1.165, 1.54) is 11.1 Å². The van der Waals surface area contributed by atoms with Gasteiger partial charge < -0.3 is 15.0 Å². The SMILES string of the molecule is COCCNC(=O)C1(N2C[C@H](CC(C)C)CC2=O)CCC2Cc3ccccc3CC2C1. The largest absolute Gasteiger partial charge is 0.383 e. The Labute approximate surface area is 186 Å². The van der Waals surface area contributed by atoms with Crippen LogP contribution in [0.3, 0.4) is 0 Å². The third-order valence-electron chi connectivity index (χ3n) is 7.82. The van der Waals surface area contributed by atoms with Crippen LogP contribution in [0.1, 0.15) is 57.1 Å². The number of methoxy groups -OCH3 is 1. The number of amides is 2. The predicted octanol–water partition coefficient (Wildman–Crippen LogP) is 3.60. The zero-order valence-corrected chi connectivity index (χ0v) is 19.4. The number of benzene rings is 1. The van der Waals surface area contributed by atoms with E-state index in [0.717, 1.165) is 45.1 Å². The van der Waals surface area contributed by atoms with Crippen molar-refractivity contribution in [1.82, 2.24) is 10.2 Å². The number of hydrogen-bond acceptors (Lipinski definition) is 3. The highest BCUT2D eigenvalue weighted by molar-refractivity contribution is 5.92. The fourth-order valence-corrected chi connectivity index (χ4v) is 6.42. The average Bonchev–Trinajstić information content (AvgIpc) is 3.11. The van der Waals surface area contributed by atoms with E-state index in [-0.39, 0.29) is 11.8 Å². The molecule has 4 rings (SSSR count). The summed E-state index contributed by atoms with van der Waals surface area (Å²) in [4.78, 5) is 28.8. The molecule has 1 aliphatic heterocycles. The first kappa shape index (κ1) is 22.3. The van der Waals surface area contributed by atoms with Crippen molar-refractivity contribution in [3.63, 3.8) is 0 Å². The molecule has 1 aromatic rings. The van der Waals surface area contributed by atoms with Crippen LogP contribution in [0.25, 0.3) is 0 Å². The molecule has 0 spiro atoms. The van der Waals surface area contributed by atoms with Gasteiger partial charge in [0.1, 0.15) is 5.54 Å². The summed E-state index contributed by atoms with van der Waals surface area (Å²) in [5.74, 6) is 2.19. The molecule has 2 aliphatic carbocycles. The number of likely N-dealkylation sites (tertiary alicyclic amines) is 1. The highest BCUT2D eigenvalue weighted by Gasteiger charge is 2.54. The van der Waals surface area contributed by atoms with Gasteiger partial charge in [-0.2, -0.15) is 0 Å². The van der Waals surface area contributed by atoms with Crippen LogP contribution < -0.4 is 5.32 Å². The smallest absolute Gasteiger partial charge is 0.246 e. The summed E-state index contributed by atoms with van der Waals surface area (Å²) in [6.45, 7) is 6.13. The van der Waals surface area contributed by atoms with Gasteiger partial charge in [0.2, 0.25) is 11.8 Å². The molecule has 0 radical (unpaired) electrons. The highest BCUT2D eigenvalue weighted by atomic mass is 16.5. The van der Waals surface area contributed by atoms with E-state index in [1.54, 1.807) is 7.11 Å². The summed E-state index contributed by atoms with van der Waals surface area (Å²) in [7, 11) is 1.65. The lowest BCUT2D eigenvalue weighted by Gasteiger charge is -2.50. The van der Waals surface area contributed by atoms with Gasteiger partial charge in [0, 0.05) is 26.6 Å². The van der Waals surface area contributed by atoms with Crippen LogP contribution in [0.5, 0.6) is 0 Å². The van der Waals surface area contributed by atoms with Crippen LogP contribution in [-0.4, -0.2) is 49.1 Å². The number of hydrogen-bond donors (Lipinski definition) is 1. The summed E-state index contributed by atoms with van der Waals surface area (Å²) in [6, 6.07) is 8.74. The van der Waals surface area contributed by atoms with Crippen LogP contribution in [0.4, 0.5) is 0 Å². The molecule has 1 heterocycles. The number of ether oxygens (including phenoxy) is 1. The van der Waals surface area contributed by atoms with E-state index < -0.39 is 5.54 Å². The first-order valence-electron chi connectivity index (χ1n) is 12.1. The molecule has 31 heavy (non-hydrogen) atoms. The van der Waals surface area contributed by atoms with Crippen molar-refractivity contribution in [3.05, 3.63) is 35.4 Å². The molecular formula is C26H38N2O3. The van der Waals surface area contributed by atoms with Crippen molar-refractivity contribution < 1.29 is 14.3 Å². The lowest BCUT2D eigenvalue weighted by Crippen LogP contribution is -2.63. The fourth-order valence-electron chi connectivity index (χ4n) is 6.42. The van der Waals surface area contributed by atoms with E-state index in [1.807, 2.05) is 4.90 Å². The lowest BCUT2D eigenvalue weighted by atomic mass is 9.62. The second-order valence-electron chi connectivity index (χ2n) is 10.4. The Morgan fingerprint density at radius 3 is 2.58 bits per heavy atom. The lowest BCUT2D eigenvalue weighted by molar-refractivity contribution is -0.149. The van der Waals surface area contributed by atoms with Crippen molar-refractivity contribution in [1.29, 1.82) is 0 Å². The molecule has 170 valence electrons. The molecule has 1 saturated heterocycles. The van der Waals surface area contributed by atoms with Crippen molar-refractivity contribution in [2.45, 2.75) is 64.3 Å². The van der Waals surface area contributed by atoms with E-state index in [9.17, 15) is 9.59 Å². The molecule has 5 nitrogen and oxygen atoms in total. The minimum atomic E-state index is -0.704. The van der Waals surface area contributed by atoms with Crippen LogP contribution >= 0.6 is 0 Å². The summed E-state index contributed by atoms with van der Waals surface area (Å²) in [5, 5.41) is 3.10. The van der Waals surface area contributed by atoms with Gasteiger partial charge in [-0.1, -0.05) is 38.1 Å².